The van der Waals surface area contributed by atoms with Crippen LogP contribution < -0.4 is 5.73 Å². The number of ether oxygens (including phenoxy) is 1. The fraction of sp³-hybridized carbons (Fsp3) is 0.312. The van der Waals surface area contributed by atoms with Crippen molar-refractivity contribution in [1.82, 2.24) is 14.9 Å². The molecule has 0 aliphatic carbocycles. The molecular weight excluding hydrogens is 280 g/mol. The van der Waals surface area contributed by atoms with E-state index in [2.05, 4.69) is 9.97 Å². The van der Waals surface area contributed by atoms with Crippen LogP contribution in [-0.2, 0) is 24.2 Å². The number of hydrogen-bond acceptors (Lipinski definition) is 5. The SMILES string of the molecule is Nc1ncnc2c1CCN(C(=O)OCc1ccccc1)CC2. The minimum absolute atomic E-state index is 0.283. The Morgan fingerprint density at radius 3 is 2.77 bits per heavy atom. The number of amides is 1. The Hall–Kier alpha value is -2.63. The highest BCUT2D eigenvalue weighted by molar-refractivity contribution is 5.68. The summed E-state index contributed by atoms with van der Waals surface area (Å²) in [5.41, 5.74) is 8.72. The van der Waals surface area contributed by atoms with Gasteiger partial charge in [0.2, 0.25) is 0 Å². The largest absolute Gasteiger partial charge is 0.445 e. The van der Waals surface area contributed by atoms with Crippen LogP contribution in [-0.4, -0.2) is 34.1 Å². The van der Waals surface area contributed by atoms with E-state index in [0.29, 0.717) is 31.7 Å². The Labute approximate surface area is 128 Å². The lowest BCUT2D eigenvalue weighted by Gasteiger charge is -2.19. The molecule has 2 heterocycles. The van der Waals surface area contributed by atoms with Crippen LogP contribution in [0.15, 0.2) is 36.7 Å². The van der Waals surface area contributed by atoms with Crippen molar-refractivity contribution in [2.45, 2.75) is 19.4 Å². The molecule has 22 heavy (non-hydrogen) atoms. The number of nitrogen functional groups attached to an aromatic ring is 1. The molecule has 0 bridgehead atoms. The lowest BCUT2D eigenvalue weighted by molar-refractivity contribution is 0.0977. The minimum Gasteiger partial charge on any atom is -0.445 e. The molecule has 1 amide bonds. The first-order valence-corrected chi connectivity index (χ1v) is 7.28. The van der Waals surface area contributed by atoms with Crippen molar-refractivity contribution >= 4 is 11.9 Å². The molecule has 2 N–H and O–H groups in total. The molecule has 2 aromatic rings. The molecular formula is C16H18N4O2. The fourth-order valence-corrected chi connectivity index (χ4v) is 2.54. The first-order chi connectivity index (χ1) is 10.7. The number of carbonyl (C=O) groups is 1. The second-order valence-electron chi connectivity index (χ2n) is 5.21. The third-order valence-corrected chi connectivity index (χ3v) is 3.78. The Morgan fingerprint density at radius 2 is 1.95 bits per heavy atom. The number of benzene rings is 1. The normalized spacial score (nSPS) is 14.1. The lowest BCUT2D eigenvalue weighted by Crippen LogP contribution is -2.33. The molecule has 0 spiro atoms. The van der Waals surface area contributed by atoms with Crippen molar-refractivity contribution in [3.63, 3.8) is 0 Å². The van der Waals surface area contributed by atoms with Gasteiger partial charge >= 0.3 is 6.09 Å². The molecule has 0 unspecified atom stereocenters. The number of aromatic nitrogens is 2. The van der Waals surface area contributed by atoms with Crippen molar-refractivity contribution in [2.24, 2.45) is 0 Å². The molecule has 1 aliphatic rings. The van der Waals surface area contributed by atoms with Gasteiger partial charge < -0.3 is 15.4 Å². The van der Waals surface area contributed by atoms with E-state index >= 15 is 0 Å². The molecule has 6 nitrogen and oxygen atoms in total. The van der Waals surface area contributed by atoms with Gasteiger partial charge in [-0.2, -0.15) is 0 Å². The third kappa shape index (κ3) is 3.16. The Morgan fingerprint density at radius 1 is 1.18 bits per heavy atom. The number of nitrogens with zero attached hydrogens (tertiary/aromatic N) is 3. The van der Waals surface area contributed by atoms with Crippen LogP contribution in [0, 0.1) is 0 Å². The van der Waals surface area contributed by atoms with Crippen molar-refractivity contribution in [3.8, 4) is 0 Å². The molecule has 0 radical (unpaired) electrons. The summed E-state index contributed by atoms with van der Waals surface area (Å²) in [6, 6.07) is 9.65. The number of fused-ring (bicyclic) bond motifs is 1. The van der Waals surface area contributed by atoms with E-state index in [1.54, 1.807) is 4.90 Å². The summed E-state index contributed by atoms with van der Waals surface area (Å²) >= 11 is 0. The number of rotatable bonds is 2. The first kappa shape index (κ1) is 14.3. The van der Waals surface area contributed by atoms with Crippen LogP contribution >= 0.6 is 0 Å². The van der Waals surface area contributed by atoms with Gasteiger partial charge in [-0.3, -0.25) is 0 Å². The van der Waals surface area contributed by atoms with Crippen molar-refractivity contribution in [2.75, 3.05) is 18.8 Å². The van der Waals surface area contributed by atoms with Gasteiger partial charge in [-0.25, -0.2) is 14.8 Å². The van der Waals surface area contributed by atoms with E-state index in [9.17, 15) is 4.79 Å². The fourth-order valence-electron chi connectivity index (χ4n) is 2.54. The van der Waals surface area contributed by atoms with Gasteiger partial charge in [0.05, 0.1) is 5.69 Å². The van der Waals surface area contributed by atoms with Crippen LogP contribution in [0.3, 0.4) is 0 Å². The Bertz CT molecular complexity index is 660. The Kier molecular flexibility index (Phi) is 4.18. The highest BCUT2D eigenvalue weighted by Gasteiger charge is 2.21. The maximum atomic E-state index is 12.2. The van der Waals surface area contributed by atoms with Gasteiger partial charge in [0.15, 0.2) is 0 Å². The van der Waals surface area contributed by atoms with E-state index in [0.717, 1.165) is 16.8 Å². The molecule has 0 saturated carbocycles. The van der Waals surface area contributed by atoms with Crippen LogP contribution in [0.5, 0.6) is 0 Å². The van der Waals surface area contributed by atoms with Gasteiger partial charge in [0.1, 0.15) is 18.8 Å². The van der Waals surface area contributed by atoms with Crippen LogP contribution in [0.4, 0.5) is 10.6 Å². The van der Waals surface area contributed by atoms with Crippen LogP contribution in [0.25, 0.3) is 0 Å². The molecule has 3 rings (SSSR count). The van der Waals surface area contributed by atoms with Gasteiger partial charge in [-0.1, -0.05) is 30.3 Å². The second-order valence-corrected chi connectivity index (χ2v) is 5.21. The predicted molar refractivity (Wildman–Crippen MR) is 82.1 cm³/mol. The number of carbonyl (C=O) groups excluding carboxylic acids is 1. The summed E-state index contributed by atoms with van der Waals surface area (Å²) in [4.78, 5) is 22.2. The van der Waals surface area contributed by atoms with E-state index in [-0.39, 0.29) is 12.7 Å². The smallest absolute Gasteiger partial charge is 0.410 e. The highest BCUT2D eigenvalue weighted by Crippen LogP contribution is 2.18. The average molecular weight is 298 g/mol. The monoisotopic (exact) mass is 298 g/mol. The van der Waals surface area contributed by atoms with E-state index in [1.165, 1.54) is 6.33 Å². The van der Waals surface area contributed by atoms with Crippen molar-refractivity contribution < 1.29 is 9.53 Å². The Balaban J connectivity index is 1.60. The van der Waals surface area contributed by atoms with Crippen molar-refractivity contribution in [1.29, 1.82) is 0 Å². The number of hydrogen-bond donors (Lipinski definition) is 1. The molecule has 6 heteroatoms. The topological polar surface area (TPSA) is 81.3 Å². The van der Waals surface area contributed by atoms with Crippen LogP contribution in [0.1, 0.15) is 16.8 Å². The molecule has 0 saturated heterocycles. The quantitative estimate of drug-likeness (QED) is 0.914. The van der Waals surface area contributed by atoms with E-state index in [1.807, 2.05) is 30.3 Å². The molecule has 114 valence electrons. The second kappa shape index (κ2) is 6.43. The summed E-state index contributed by atoms with van der Waals surface area (Å²) in [5, 5.41) is 0. The summed E-state index contributed by atoms with van der Waals surface area (Å²) in [6.07, 6.45) is 2.49. The first-order valence-electron chi connectivity index (χ1n) is 7.28. The summed E-state index contributed by atoms with van der Waals surface area (Å²) < 4.78 is 5.37. The standard InChI is InChI=1S/C16H18N4O2/c17-15-13-6-8-20(9-7-14(13)18-11-19-15)16(21)22-10-12-4-2-1-3-5-12/h1-5,11H,6-10H2,(H2,17,18,19). The van der Waals surface area contributed by atoms with E-state index in [4.69, 9.17) is 10.5 Å². The van der Waals surface area contributed by atoms with Crippen LogP contribution in [0.2, 0.25) is 0 Å². The van der Waals surface area contributed by atoms with Gasteiger partial charge in [0.25, 0.3) is 0 Å². The average Bonchev–Trinajstić information content (AvgIpc) is 2.77. The van der Waals surface area contributed by atoms with Crippen molar-refractivity contribution in [3.05, 3.63) is 53.5 Å². The molecule has 0 atom stereocenters. The molecule has 0 fully saturated rings. The lowest BCUT2D eigenvalue weighted by atomic mass is 10.1. The maximum absolute atomic E-state index is 12.2. The number of anilines is 1. The minimum atomic E-state index is -0.303. The summed E-state index contributed by atoms with van der Waals surface area (Å²) in [5.74, 6) is 0.504. The zero-order valence-electron chi connectivity index (χ0n) is 12.2. The predicted octanol–water partition coefficient (Wildman–Crippen LogP) is 1.80. The zero-order valence-corrected chi connectivity index (χ0v) is 12.2. The van der Waals surface area contributed by atoms with E-state index < -0.39 is 0 Å². The molecule has 1 aromatic carbocycles. The summed E-state index contributed by atoms with van der Waals surface area (Å²) in [7, 11) is 0. The van der Waals surface area contributed by atoms with Gasteiger partial charge in [-0.05, 0) is 12.0 Å². The highest BCUT2D eigenvalue weighted by atomic mass is 16.6. The molecule has 1 aliphatic heterocycles. The number of nitrogens with two attached hydrogens (primary N) is 1. The van der Waals surface area contributed by atoms with Gasteiger partial charge in [-0.15, -0.1) is 0 Å². The van der Waals surface area contributed by atoms with Gasteiger partial charge in [0, 0.05) is 25.1 Å². The summed E-state index contributed by atoms with van der Waals surface area (Å²) in [6.45, 7) is 1.43. The maximum Gasteiger partial charge on any atom is 0.410 e. The third-order valence-electron chi connectivity index (χ3n) is 3.78. The zero-order chi connectivity index (χ0) is 15.4. The molecule has 1 aromatic heterocycles.